The van der Waals surface area contributed by atoms with Crippen molar-refractivity contribution in [3.8, 4) is 5.75 Å². The number of hydrogen-bond donors (Lipinski definition) is 0. The molecule has 1 nitrogen and oxygen atoms in total. The summed E-state index contributed by atoms with van der Waals surface area (Å²) >= 11 is 1.86. The Morgan fingerprint density at radius 2 is 2.06 bits per heavy atom. The SMILES string of the molecule is Fc1cccc(OCC2CSc3ccccc32)c1. The van der Waals surface area contributed by atoms with Gasteiger partial charge in [0.25, 0.3) is 0 Å². The third kappa shape index (κ3) is 2.36. The lowest BCUT2D eigenvalue weighted by Gasteiger charge is -2.12. The highest BCUT2D eigenvalue weighted by atomic mass is 32.2. The first-order valence-electron chi connectivity index (χ1n) is 5.93. The molecular formula is C15H13FOS. The van der Waals surface area contributed by atoms with E-state index in [1.54, 1.807) is 12.1 Å². The summed E-state index contributed by atoms with van der Waals surface area (Å²) in [5.74, 6) is 1.78. The van der Waals surface area contributed by atoms with Crippen LogP contribution in [0.4, 0.5) is 4.39 Å². The van der Waals surface area contributed by atoms with E-state index in [9.17, 15) is 4.39 Å². The van der Waals surface area contributed by atoms with Gasteiger partial charge in [0.05, 0.1) is 6.61 Å². The van der Waals surface area contributed by atoms with E-state index in [0.29, 0.717) is 18.3 Å². The molecule has 0 radical (unpaired) electrons. The molecule has 1 aliphatic heterocycles. The molecular weight excluding hydrogens is 247 g/mol. The molecule has 0 fully saturated rings. The summed E-state index contributed by atoms with van der Waals surface area (Å²) in [5, 5.41) is 0. The third-order valence-electron chi connectivity index (χ3n) is 3.05. The van der Waals surface area contributed by atoms with Crippen LogP contribution in [0.3, 0.4) is 0 Å². The van der Waals surface area contributed by atoms with Crippen LogP contribution in [0.5, 0.6) is 5.75 Å². The maximum Gasteiger partial charge on any atom is 0.126 e. The molecule has 0 aliphatic carbocycles. The van der Waals surface area contributed by atoms with E-state index in [-0.39, 0.29) is 5.82 Å². The second-order valence-electron chi connectivity index (χ2n) is 4.31. The molecule has 2 aromatic rings. The van der Waals surface area contributed by atoms with Gasteiger partial charge in [-0.25, -0.2) is 4.39 Å². The number of rotatable bonds is 3. The number of ether oxygens (including phenoxy) is 1. The normalized spacial score (nSPS) is 17.5. The molecule has 1 unspecified atom stereocenters. The van der Waals surface area contributed by atoms with Gasteiger partial charge in [-0.15, -0.1) is 11.8 Å². The Hall–Kier alpha value is -1.48. The highest BCUT2D eigenvalue weighted by Gasteiger charge is 2.23. The largest absolute Gasteiger partial charge is 0.493 e. The molecule has 2 aromatic carbocycles. The van der Waals surface area contributed by atoms with Gasteiger partial charge in [0, 0.05) is 22.6 Å². The Labute approximate surface area is 110 Å². The van der Waals surface area contributed by atoms with Gasteiger partial charge in [-0.2, -0.15) is 0 Å². The Balaban J connectivity index is 1.69. The Kier molecular flexibility index (Phi) is 3.24. The quantitative estimate of drug-likeness (QED) is 0.822. The smallest absolute Gasteiger partial charge is 0.126 e. The van der Waals surface area contributed by atoms with Crippen LogP contribution in [0.2, 0.25) is 0 Å². The first kappa shape index (κ1) is 11.6. The highest BCUT2D eigenvalue weighted by Crippen LogP contribution is 2.39. The van der Waals surface area contributed by atoms with Gasteiger partial charge in [0.15, 0.2) is 0 Å². The van der Waals surface area contributed by atoms with E-state index in [1.165, 1.54) is 22.6 Å². The van der Waals surface area contributed by atoms with Gasteiger partial charge in [0.1, 0.15) is 11.6 Å². The Morgan fingerprint density at radius 1 is 1.17 bits per heavy atom. The first-order valence-corrected chi connectivity index (χ1v) is 6.91. The molecule has 0 aromatic heterocycles. The fourth-order valence-electron chi connectivity index (χ4n) is 2.12. The van der Waals surface area contributed by atoms with Gasteiger partial charge in [-0.05, 0) is 23.8 Å². The van der Waals surface area contributed by atoms with Crippen molar-refractivity contribution in [1.29, 1.82) is 0 Å². The summed E-state index contributed by atoms with van der Waals surface area (Å²) in [6.45, 7) is 0.605. The molecule has 92 valence electrons. The summed E-state index contributed by atoms with van der Waals surface area (Å²) in [5.41, 5.74) is 1.35. The van der Waals surface area contributed by atoms with E-state index in [1.807, 2.05) is 11.8 Å². The standard InChI is InChI=1S/C15H13FOS/c16-12-4-3-5-13(8-12)17-9-11-10-18-15-7-2-1-6-14(11)15/h1-8,11H,9-10H2. The van der Waals surface area contributed by atoms with Crippen LogP contribution in [0.15, 0.2) is 53.4 Å². The van der Waals surface area contributed by atoms with E-state index in [2.05, 4.69) is 24.3 Å². The first-order chi connectivity index (χ1) is 8.83. The van der Waals surface area contributed by atoms with Gasteiger partial charge < -0.3 is 4.74 Å². The zero-order valence-corrected chi connectivity index (χ0v) is 10.6. The summed E-state index contributed by atoms with van der Waals surface area (Å²) < 4.78 is 18.7. The molecule has 0 saturated carbocycles. The predicted molar refractivity (Wildman–Crippen MR) is 71.8 cm³/mol. The van der Waals surface area contributed by atoms with Crippen molar-refractivity contribution in [3.63, 3.8) is 0 Å². The minimum Gasteiger partial charge on any atom is -0.493 e. The number of thioether (sulfide) groups is 1. The van der Waals surface area contributed by atoms with Crippen molar-refractivity contribution in [3.05, 3.63) is 59.9 Å². The minimum atomic E-state index is -0.256. The van der Waals surface area contributed by atoms with Crippen molar-refractivity contribution in [2.24, 2.45) is 0 Å². The number of halogens is 1. The van der Waals surface area contributed by atoms with Crippen LogP contribution >= 0.6 is 11.8 Å². The van der Waals surface area contributed by atoms with Crippen molar-refractivity contribution in [2.45, 2.75) is 10.8 Å². The van der Waals surface area contributed by atoms with Crippen molar-refractivity contribution < 1.29 is 9.13 Å². The number of hydrogen-bond acceptors (Lipinski definition) is 2. The average Bonchev–Trinajstić information content (AvgIpc) is 2.80. The van der Waals surface area contributed by atoms with E-state index in [0.717, 1.165) is 5.75 Å². The third-order valence-corrected chi connectivity index (χ3v) is 4.30. The molecule has 0 bridgehead atoms. The summed E-state index contributed by atoms with van der Waals surface area (Å²) in [6.07, 6.45) is 0. The number of benzene rings is 2. The van der Waals surface area contributed by atoms with Gasteiger partial charge in [0.2, 0.25) is 0 Å². The molecule has 3 heteroatoms. The molecule has 18 heavy (non-hydrogen) atoms. The molecule has 0 amide bonds. The Bertz CT molecular complexity index is 556. The lowest BCUT2D eigenvalue weighted by Crippen LogP contribution is -2.09. The summed E-state index contributed by atoms with van der Waals surface area (Å²) in [4.78, 5) is 1.34. The average molecular weight is 260 g/mol. The maximum absolute atomic E-state index is 13.0. The monoisotopic (exact) mass is 260 g/mol. The van der Waals surface area contributed by atoms with Crippen LogP contribution in [0.1, 0.15) is 11.5 Å². The highest BCUT2D eigenvalue weighted by molar-refractivity contribution is 7.99. The molecule has 0 saturated heterocycles. The Morgan fingerprint density at radius 3 is 2.94 bits per heavy atom. The van der Waals surface area contributed by atoms with E-state index in [4.69, 9.17) is 4.74 Å². The molecule has 1 atom stereocenters. The fourth-order valence-corrected chi connectivity index (χ4v) is 3.35. The van der Waals surface area contributed by atoms with Gasteiger partial charge >= 0.3 is 0 Å². The molecule has 0 N–H and O–H groups in total. The fraction of sp³-hybridized carbons (Fsp3) is 0.200. The van der Waals surface area contributed by atoms with Crippen LogP contribution in [-0.2, 0) is 0 Å². The molecule has 3 rings (SSSR count). The van der Waals surface area contributed by atoms with Crippen molar-refractivity contribution in [1.82, 2.24) is 0 Å². The van der Waals surface area contributed by atoms with Crippen molar-refractivity contribution in [2.75, 3.05) is 12.4 Å². The molecule has 1 heterocycles. The van der Waals surface area contributed by atoms with Crippen molar-refractivity contribution >= 4 is 11.8 Å². The molecule has 0 spiro atoms. The second-order valence-corrected chi connectivity index (χ2v) is 5.38. The lowest BCUT2D eigenvalue weighted by atomic mass is 10.0. The zero-order chi connectivity index (χ0) is 12.4. The summed E-state index contributed by atoms with van der Waals surface area (Å²) in [6, 6.07) is 14.7. The predicted octanol–water partition coefficient (Wildman–Crippen LogP) is 4.09. The van der Waals surface area contributed by atoms with Crippen LogP contribution in [-0.4, -0.2) is 12.4 Å². The minimum absolute atomic E-state index is 0.256. The zero-order valence-electron chi connectivity index (χ0n) is 9.80. The number of fused-ring (bicyclic) bond motifs is 1. The second kappa shape index (κ2) is 5.02. The van der Waals surface area contributed by atoms with E-state index < -0.39 is 0 Å². The topological polar surface area (TPSA) is 9.23 Å². The van der Waals surface area contributed by atoms with Crippen LogP contribution < -0.4 is 4.74 Å². The van der Waals surface area contributed by atoms with Crippen LogP contribution in [0, 0.1) is 5.82 Å². The van der Waals surface area contributed by atoms with Gasteiger partial charge in [-0.1, -0.05) is 24.3 Å². The molecule has 1 aliphatic rings. The van der Waals surface area contributed by atoms with Gasteiger partial charge in [-0.3, -0.25) is 0 Å². The summed E-state index contributed by atoms with van der Waals surface area (Å²) in [7, 11) is 0. The lowest BCUT2D eigenvalue weighted by molar-refractivity contribution is 0.296. The van der Waals surface area contributed by atoms with E-state index >= 15 is 0 Å². The maximum atomic E-state index is 13.0. The van der Waals surface area contributed by atoms with Crippen LogP contribution in [0.25, 0.3) is 0 Å².